The number of halogens is 1. The predicted octanol–water partition coefficient (Wildman–Crippen LogP) is 4.81. The molecule has 0 radical (unpaired) electrons. The second-order valence-corrected chi connectivity index (χ2v) is 13.8. The summed E-state index contributed by atoms with van der Waals surface area (Å²) in [5.74, 6) is -1.36. The molecule has 1 aliphatic heterocycles. The van der Waals surface area contributed by atoms with Crippen molar-refractivity contribution in [2.45, 2.75) is 83.7 Å². The molecule has 1 aliphatic rings. The Morgan fingerprint density at radius 1 is 1.00 bits per heavy atom. The van der Waals surface area contributed by atoms with Crippen LogP contribution >= 0.6 is 11.6 Å². The van der Waals surface area contributed by atoms with Crippen molar-refractivity contribution >= 4 is 29.5 Å². The highest BCUT2D eigenvalue weighted by Gasteiger charge is 2.38. The van der Waals surface area contributed by atoms with Gasteiger partial charge in [-0.1, -0.05) is 67.9 Å². The molecule has 248 valence electrons. The number of ether oxygens (including phenoxy) is 1. The fraction of sp³-hybridized carbons (Fsp3) is 0.486. The van der Waals surface area contributed by atoms with E-state index in [-0.39, 0.29) is 30.2 Å². The van der Waals surface area contributed by atoms with Crippen molar-refractivity contribution in [2.75, 3.05) is 13.1 Å². The number of nitrogens with one attached hydrogen (secondary N) is 2. The Morgan fingerprint density at radius 3 is 2.24 bits per heavy atom. The minimum absolute atomic E-state index is 0.0349. The van der Waals surface area contributed by atoms with Crippen LogP contribution in [0.4, 0.5) is 4.79 Å². The maximum Gasteiger partial charge on any atom is 0.407 e. The Balaban J connectivity index is 1.51. The molecule has 0 bridgehead atoms. The zero-order valence-corrected chi connectivity index (χ0v) is 28.0. The lowest BCUT2D eigenvalue weighted by atomic mass is 9.88. The molecule has 0 saturated carbocycles. The van der Waals surface area contributed by atoms with Crippen molar-refractivity contribution in [1.82, 2.24) is 25.1 Å². The van der Waals surface area contributed by atoms with E-state index >= 15 is 0 Å². The van der Waals surface area contributed by atoms with E-state index in [0.29, 0.717) is 31.0 Å². The lowest BCUT2D eigenvalue weighted by Crippen LogP contribution is -2.59. The number of amides is 3. The van der Waals surface area contributed by atoms with Crippen LogP contribution in [0.25, 0.3) is 0 Å². The molecule has 11 heteroatoms. The summed E-state index contributed by atoms with van der Waals surface area (Å²) in [6.07, 6.45) is 4.24. The van der Waals surface area contributed by atoms with Crippen LogP contribution in [0.3, 0.4) is 0 Å². The number of nitrogens with zero attached hydrogens (tertiary/aromatic N) is 3. The average molecular weight is 652 g/mol. The van der Waals surface area contributed by atoms with Crippen LogP contribution in [0.5, 0.6) is 0 Å². The van der Waals surface area contributed by atoms with Crippen molar-refractivity contribution < 1.29 is 24.2 Å². The highest BCUT2D eigenvalue weighted by Crippen LogP contribution is 2.25. The van der Waals surface area contributed by atoms with E-state index in [1.807, 2.05) is 67.1 Å². The minimum atomic E-state index is -1.10. The lowest BCUT2D eigenvalue weighted by Gasteiger charge is -2.42. The highest BCUT2D eigenvalue weighted by molar-refractivity contribution is 6.30. The first-order valence-corrected chi connectivity index (χ1v) is 16.2. The molecule has 4 atom stereocenters. The van der Waals surface area contributed by atoms with Crippen LogP contribution in [0.2, 0.25) is 5.02 Å². The molecule has 4 rings (SSSR count). The van der Waals surface area contributed by atoms with Gasteiger partial charge in [-0.25, -0.2) is 9.78 Å². The number of hydrogen-bond acceptors (Lipinski definition) is 6. The van der Waals surface area contributed by atoms with E-state index in [2.05, 4.69) is 15.6 Å². The van der Waals surface area contributed by atoms with Crippen molar-refractivity contribution in [1.29, 1.82) is 0 Å². The smallest absolute Gasteiger partial charge is 0.407 e. The van der Waals surface area contributed by atoms with Crippen LogP contribution < -0.4 is 10.6 Å². The van der Waals surface area contributed by atoms with Gasteiger partial charge in [0, 0.05) is 36.4 Å². The molecule has 1 aromatic heterocycles. The first kappa shape index (κ1) is 35.0. The number of aromatic nitrogens is 2. The number of alkyl carbamates (subject to hydrolysis) is 1. The van der Waals surface area contributed by atoms with E-state index in [1.54, 1.807) is 50.3 Å². The number of carbonyl (C=O) groups is 3. The molecule has 3 amide bonds. The summed E-state index contributed by atoms with van der Waals surface area (Å²) in [4.78, 5) is 46.2. The average Bonchev–Trinajstić information content (AvgIpc) is 3.49. The summed E-state index contributed by atoms with van der Waals surface area (Å²) >= 11 is 6.12. The van der Waals surface area contributed by atoms with E-state index in [9.17, 15) is 19.5 Å². The van der Waals surface area contributed by atoms with Gasteiger partial charge in [-0.05, 0) is 69.2 Å². The Labute approximate surface area is 276 Å². The van der Waals surface area contributed by atoms with E-state index in [1.165, 1.54) is 0 Å². The van der Waals surface area contributed by atoms with Crippen molar-refractivity contribution in [2.24, 2.45) is 11.8 Å². The molecular weight excluding hydrogens is 606 g/mol. The molecule has 0 spiro atoms. The Kier molecular flexibility index (Phi) is 11.9. The second-order valence-electron chi connectivity index (χ2n) is 13.4. The van der Waals surface area contributed by atoms with Gasteiger partial charge in [0.15, 0.2) is 0 Å². The normalized spacial score (nSPS) is 16.2. The van der Waals surface area contributed by atoms with Crippen molar-refractivity contribution in [3.05, 3.63) is 89.5 Å². The van der Waals surface area contributed by atoms with Gasteiger partial charge in [0.25, 0.3) is 0 Å². The number of carbonyl (C=O) groups excluding carboxylic acids is 3. The molecule has 2 aromatic carbocycles. The molecule has 2 heterocycles. The molecular formula is C35H46ClN5O5. The van der Waals surface area contributed by atoms with Crippen LogP contribution in [0.15, 0.2) is 73.3 Å². The van der Waals surface area contributed by atoms with Crippen molar-refractivity contribution in [3.63, 3.8) is 0 Å². The minimum Gasteiger partial charge on any atom is -0.444 e. The van der Waals surface area contributed by atoms with Crippen LogP contribution in [-0.4, -0.2) is 74.3 Å². The predicted molar refractivity (Wildman–Crippen MR) is 177 cm³/mol. The topological polar surface area (TPSA) is 126 Å². The number of aliphatic hydroxyl groups excluding tert-OH is 1. The molecule has 3 unspecified atom stereocenters. The number of likely N-dealkylation sites (tertiary alicyclic amines) is 1. The summed E-state index contributed by atoms with van der Waals surface area (Å²) in [6.45, 7) is 10.2. The third kappa shape index (κ3) is 10.1. The zero-order chi connectivity index (χ0) is 33.4. The zero-order valence-electron chi connectivity index (χ0n) is 27.2. The number of rotatable bonds is 13. The SMILES string of the molecule is CC(C)[C@H](NC(=O)C(Cc1ccc(Cl)cc1)CC(O)C(Cc1ccccc1)NC(=O)OC(C)(C)C)C(=O)N1CC(n2ccnc2)C1. The fourth-order valence-electron chi connectivity index (χ4n) is 5.54. The van der Waals surface area contributed by atoms with E-state index in [4.69, 9.17) is 16.3 Å². The summed E-state index contributed by atoms with van der Waals surface area (Å²) in [5, 5.41) is 18.0. The quantitative estimate of drug-likeness (QED) is 0.244. The third-order valence-electron chi connectivity index (χ3n) is 8.11. The molecule has 1 fully saturated rings. The summed E-state index contributed by atoms with van der Waals surface area (Å²) < 4.78 is 7.47. The van der Waals surface area contributed by atoms with Crippen LogP contribution in [0.1, 0.15) is 58.2 Å². The van der Waals surface area contributed by atoms with Gasteiger partial charge < -0.3 is 29.9 Å². The lowest BCUT2D eigenvalue weighted by molar-refractivity contribution is -0.143. The fourth-order valence-corrected chi connectivity index (χ4v) is 5.67. The van der Waals surface area contributed by atoms with Gasteiger partial charge in [-0.3, -0.25) is 9.59 Å². The van der Waals surface area contributed by atoms with Gasteiger partial charge in [0.2, 0.25) is 11.8 Å². The molecule has 3 aromatic rings. The monoisotopic (exact) mass is 651 g/mol. The van der Waals surface area contributed by atoms with Gasteiger partial charge >= 0.3 is 6.09 Å². The summed E-state index contributed by atoms with van der Waals surface area (Å²) in [6, 6.07) is 15.4. The van der Waals surface area contributed by atoms with Crippen LogP contribution in [0, 0.1) is 11.8 Å². The number of aliphatic hydroxyl groups is 1. The molecule has 0 aliphatic carbocycles. The molecule has 1 saturated heterocycles. The van der Waals surface area contributed by atoms with Gasteiger partial charge in [0.1, 0.15) is 11.6 Å². The molecule has 3 N–H and O–H groups in total. The Bertz CT molecular complexity index is 1420. The van der Waals surface area contributed by atoms with E-state index < -0.39 is 35.8 Å². The Hall–Kier alpha value is -3.89. The Morgan fingerprint density at radius 2 is 1.65 bits per heavy atom. The highest BCUT2D eigenvalue weighted by atomic mass is 35.5. The number of hydrogen-bond donors (Lipinski definition) is 3. The maximum atomic E-state index is 14.0. The van der Waals surface area contributed by atoms with Gasteiger partial charge in [0.05, 0.1) is 24.5 Å². The molecule has 10 nitrogen and oxygen atoms in total. The second kappa shape index (κ2) is 15.6. The first-order valence-electron chi connectivity index (χ1n) is 15.8. The summed E-state index contributed by atoms with van der Waals surface area (Å²) in [5.41, 5.74) is 1.04. The standard InChI is InChI=1S/C35H46ClN5O5/c1-23(2)31(33(44)41-20-28(21-41)40-16-15-37-22-40)39-32(43)26(17-25-11-13-27(36)14-12-25)19-30(42)29(18-24-9-7-6-8-10-24)38-34(45)46-35(3,4)5/h6-16,22-23,26,28-31,42H,17-21H2,1-5H3,(H,38,45)(H,39,43)/t26?,29?,30?,31-/m0/s1. The van der Waals surface area contributed by atoms with Crippen molar-refractivity contribution in [3.8, 4) is 0 Å². The first-order chi connectivity index (χ1) is 21.8. The van der Waals surface area contributed by atoms with Crippen LogP contribution in [-0.2, 0) is 27.2 Å². The third-order valence-corrected chi connectivity index (χ3v) is 8.36. The van der Waals surface area contributed by atoms with Gasteiger partial charge in [-0.2, -0.15) is 0 Å². The number of benzene rings is 2. The number of imidazole rings is 1. The van der Waals surface area contributed by atoms with Gasteiger partial charge in [-0.15, -0.1) is 0 Å². The maximum absolute atomic E-state index is 14.0. The molecule has 46 heavy (non-hydrogen) atoms. The largest absolute Gasteiger partial charge is 0.444 e. The summed E-state index contributed by atoms with van der Waals surface area (Å²) in [7, 11) is 0. The van der Waals surface area contributed by atoms with E-state index in [0.717, 1.165) is 11.1 Å².